The second-order valence-electron chi connectivity index (χ2n) is 7.00. The SMILES string of the molecule is CCCSc1nc(NCCOC)c2cnn(CCNC(=O)C(C)(C)CCl)c2n1. The molecule has 1 amide bonds. The number of thioether (sulfide) groups is 1. The van der Waals surface area contributed by atoms with Crippen molar-refractivity contribution < 1.29 is 9.53 Å². The van der Waals surface area contributed by atoms with E-state index in [1.807, 2.05) is 13.8 Å². The summed E-state index contributed by atoms with van der Waals surface area (Å²) in [5.41, 5.74) is 0.151. The Kier molecular flexibility index (Phi) is 8.78. The molecule has 2 aromatic rings. The van der Waals surface area contributed by atoms with E-state index in [1.165, 1.54) is 0 Å². The molecule has 0 atom stereocenters. The monoisotopic (exact) mass is 428 g/mol. The Morgan fingerprint density at radius 1 is 1.36 bits per heavy atom. The molecule has 2 heterocycles. The van der Waals surface area contributed by atoms with Crippen molar-refractivity contribution in [3.63, 3.8) is 0 Å². The summed E-state index contributed by atoms with van der Waals surface area (Å²) in [6.45, 7) is 7.96. The molecular weight excluding hydrogens is 400 g/mol. The highest BCUT2D eigenvalue weighted by atomic mass is 35.5. The van der Waals surface area contributed by atoms with Gasteiger partial charge in [0.05, 0.1) is 30.1 Å². The Hall–Kier alpha value is -1.58. The lowest BCUT2D eigenvalue weighted by atomic mass is 9.95. The highest BCUT2D eigenvalue weighted by Gasteiger charge is 2.26. The van der Waals surface area contributed by atoms with Gasteiger partial charge in [0.1, 0.15) is 5.82 Å². The fourth-order valence-corrected chi connectivity index (χ4v) is 3.15. The molecule has 0 saturated carbocycles. The molecule has 0 spiro atoms. The van der Waals surface area contributed by atoms with Crippen LogP contribution in [0.3, 0.4) is 0 Å². The molecule has 2 aromatic heterocycles. The number of halogens is 1. The van der Waals surface area contributed by atoms with E-state index in [9.17, 15) is 4.79 Å². The van der Waals surface area contributed by atoms with E-state index < -0.39 is 5.41 Å². The Bertz CT molecular complexity index is 783. The van der Waals surface area contributed by atoms with Crippen LogP contribution in [0.4, 0.5) is 5.82 Å². The lowest BCUT2D eigenvalue weighted by molar-refractivity contribution is -0.128. The number of aromatic nitrogens is 4. The Labute approximate surface area is 175 Å². The molecule has 0 unspecified atom stereocenters. The van der Waals surface area contributed by atoms with Gasteiger partial charge in [-0.3, -0.25) is 4.79 Å². The Morgan fingerprint density at radius 3 is 2.82 bits per heavy atom. The summed E-state index contributed by atoms with van der Waals surface area (Å²) in [6.07, 6.45) is 2.80. The number of nitrogens with zero attached hydrogens (tertiary/aromatic N) is 4. The molecule has 156 valence electrons. The molecule has 2 N–H and O–H groups in total. The smallest absolute Gasteiger partial charge is 0.226 e. The molecule has 0 aliphatic heterocycles. The first kappa shape index (κ1) is 22.7. The molecule has 0 aromatic carbocycles. The number of fused-ring (bicyclic) bond motifs is 1. The summed E-state index contributed by atoms with van der Waals surface area (Å²) < 4.78 is 6.90. The molecule has 0 aliphatic rings. The lowest BCUT2D eigenvalue weighted by Crippen LogP contribution is -2.39. The third-order valence-electron chi connectivity index (χ3n) is 4.07. The number of anilines is 1. The van der Waals surface area contributed by atoms with Gasteiger partial charge in [-0.05, 0) is 20.3 Å². The predicted molar refractivity (Wildman–Crippen MR) is 114 cm³/mol. The van der Waals surface area contributed by atoms with Crippen LogP contribution in [-0.4, -0.2) is 64.1 Å². The molecule has 28 heavy (non-hydrogen) atoms. The van der Waals surface area contributed by atoms with E-state index >= 15 is 0 Å². The Morgan fingerprint density at radius 2 is 2.14 bits per heavy atom. The normalized spacial score (nSPS) is 11.8. The van der Waals surface area contributed by atoms with Gasteiger partial charge in [0.25, 0.3) is 0 Å². The molecule has 0 aliphatic carbocycles. The van der Waals surface area contributed by atoms with Gasteiger partial charge < -0.3 is 15.4 Å². The minimum Gasteiger partial charge on any atom is -0.383 e. The van der Waals surface area contributed by atoms with Crippen molar-refractivity contribution >= 4 is 46.1 Å². The fourth-order valence-electron chi connectivity index (χ4n) is 2.34. The average Bonchev–Trinajstić information content (AvgIpc) is 3.09. The molecule has 0 saturated heterocycles. The molecule has 8 nitrogen and oxygen atoms in total. The molecular formula is C18H29ClN6O2S. The van der Waals surface area contributed by atoms with Gasteiger partial charge in [-0.15, -0.1) is 11.6 Å². The standard InChI is InChI=1S/C18H29ClN6O2S/c1-5-10-28-17-23-14(20-7-9-27-4)13-11-22-25(15(13)24-17)8-6-21-16(26)18(2,3)12-19/h11H,5-10,12H2,1-4H3,(H,21,26)(H,20,23,24). The maximum absolute atomic E-state index is 12.2. The van der Waals surface area contributed by atoms with Crippen molar-refractivity contribution in [1.29, 1.82) is 0 Å². The summed E-state index contributed by atoms with van der Waals surface area (Å²) in [5, 5.41) is 12.2. The number of hydrogen-bond acceptors (Lipinski definition) is 7. The number of ether oxygens (including phenoxy) is 1. The second-order valence-corrected chi connectivity index (χ2v) is 8.33. The van der Waals surface area contributed by atoms with Crippen LogP contribution in [0.5, 0.6) is 0 Å². The van der Waals surface area contributed by atoms with E-state index in [1.54, 1.807) is 29.8 Å². The molecule has 0 radical (unpaired) electrons. The minimum atomic E-state index is -0.599. The zero-order chi connectivity index (χ0) is 20.6. The Balaban J connectivity index is 2.17. The first-order valence-electron chi connectivity index (χ1n) is 9.36. The van der Waals surface area contributed by atoms with Gasteiger partial charge in [-0.25, -0.2) is 14.6 Å². The van der Waals surface area contributed by atoms with Crippen LogP contribution in [-0.2, 0) is 16.1 Å². The maximum atomic E-state index is 12.2. The number of methoxy groups -OCH3 is 1. The first-order chi connectivity index (χ1) is 13.4. The van der Waals surface area contributed by atoms with Crippen molar-refractivity contribution in [2.24, 2.45) is 5.41 Å². The van der Waals surface area contributed by atoms with Crippen molar-refractivity contribution in [3.8, 4) is 0 Å². The number of alkyl halides is 1. The van der Waals surface area contributed by atoms with Gasteiger partial charge in [0.2, 0.25) is 5.91 Å². The van der Waals surface area contributed by atoms with E-state index in [-0.39, 0.29) is 11.8 Å². The largest absolute Gasteiger partial charge is 0.383 e. The van der Waals surface area contributed by atoms with E-state index in [4.69, 9.17) is 16.3 Å². The number of carbonyl (C=O) groups is 1. The lowest BCUT2D eigenvalue weighted by Gasteiger charge is -2.20. The number of hydrogen-bond donors (Lipinski definition) is 2. The summed E-state index contributed by atoms with van der Waals surface area (Å²) in [4.78, 5) is 21.5. The quantitative estimate of drug-likeness (QED) is 0.232. The van der Waals surface area contributed by atoms with Gasteiger partial charge in [-0.1, -0.05) is 18.7 Å². The summed E-state index contributed by atoms with van der Waals surface area (Å²) in [6, 6.07) is 0. The van der Waals surface area contributed by atoms with Crippen molar-refractivity contribution in [2.75, 3.05) is 43.8 Å². The minimum absolute atomic E-state index is 0.0744. The van der Waals surface area contributed by atoms with Crippen molar-refractivity contribution in [1.82, 2.24) is 25.1 Å². The van der Waals surface area contributed by atoms with Gasteiger partial charge in [-0.2, -0.15) is 5.10 Å². The first-order valence-corrected chi connectivity index (χ1v) is 10.9. The van der Waals surface area contributed by atoms with Crippen LogP contribution in [0.25, 0.3) is 11.0 Å². The number of carbonyl (C=O) groups excluding carboxylic acids is 1. The fraction of sp³-hybridized carbons (Fsp3) is 0.667. The summed E-state index contributed by atoms with van der Waals surface area (Å²) >= 11 is 7.48. The topological polar surface area (TPSA) is 94.0 Å². The highest BCUT2D eigenvalue weighted by Crippen LogP contribution is 2.24. The van der Waals surface area contributed by atoms with Crippen LogP contribution in [0, 0.1) is 5.41 Å². The number of rotatable bonds is 12. The zero-order valence-corrected chi connectivity index (χ0v) is 18.5. The van der Waals surface area contributed by atoms with E-state index in [0.717, 1.165) is 29.0 Å². The van der Waals surface area contributed by atoms with Gasteiger partial charge in [0, 0.05) is 31.8 Å². The summed E-state index contributed by atoms with van der Waals surface area (Å²) in [5.74, 6) is 1.89. The molecule has 2 rings (SSSR count). The third kappa shape index (κ3) is 5.96. The van der Waals surface area contributed by atoms with E-state index in [0.29, 0.717) is 31.4 Å². The van der Waals surface area contributed by atoms with Gasteiger partial charge >= 0.3 is 0 Å². The van der Waals surface area contributed by atoms with Crippen LogP contribution < -0.4 is 10.6 Å². The predicted octanol–water partition coefficient (Wildman–Crippen LogP) is 2.77. The molecule has 0 bridgehead atoms. The molecule has 10 heteroatoms. The molecule has 0 fully saturated rings. The van der Waals surface area contributed by atoms with Crippen LogP contribution in [0.15, 0.2) is 11.4 Å². The number of amides is 1. The third-order valence-corrected chi connectivity index (χ3v) is 5.79. The van der Waals surface area contributed by atoms with Gasteiger partial charge in [0.15, 0.2) is 10.8 Å². The van der Waals surface area contributed by atoms with Crippen molar-refractivity contribution in [3.05, 3.63) is 6.20 Å². The second kappa shape index (κ2) is 10.8. The van der Waals surface area contributed by atoms with Crippen LogP contribution in [0.2, 0.25) is 0 Å². The highest BCUT2D eigenvalue weighted by molar-refractivity contribution is 7.99. The average molecular weight is 429 g/mol. The zero-order valence-electron chi connectivity index (χ0n) is 16.9. The maximum Gasteiger partial charge on any atom is 0.226 e. The summed E-state index contributed by atoms with van der Waals surface area (Å²) in [7, 11) is 1.66. The van der Waals surface area contributed by atoms with Crippen LogP contribution in [0.1, 0.15) is 27.2 Å². The van der Waals surface area contributed by atoms with Crippen LogP contribution >= 0.6 is 23.4 Å². The van der Waals surface area contributed by atoms with Crippen molar-refractivity contribution in [2.45, 2.75) is 38.9 Å². The number of nitrogens with one attached hydrogen (secondary N) is 2. The van der Waals surface area contributed by atoms with E-state index in [2.05, 4.69) is 32.6 Å².